The van der Waals surface area contributed by atoms with E-state index in [1.54, 1.807) is 0 Å². The Kier molecular flexibility index (Phi) is 6.79. The summed E-state index contributed by atoms with van der Waals surface area (Å²) in [5.41, 5.74) is -1.84. The average molecular weight is 384 g/mol. The van der Waals surface area contributed by atoms with Gasteiger partial charge in [-0.2, -0.15) is 0 Å². The molecule has 2 N–H and O–H groups in total. The number of nitrogens with one attached hydrogen (secondary N) is 2. The van der Waals surface area contributed by atoms with Crippen LogP contribution in [0, 0.1) is 0 Å². The first kappa shape index (κ1) is 22.0. The van der Waals surface area contributed by atoms with Gasteiger partial charge in [0.05, 0.1) is 0 Å². The monoisotopic (exact) mass is 383 g/mol. The highest BCUT2D eigenvalue weighted by Crippen LogP contribution is 2.27. The van der Waals surface area contributed by atoms with E-state index >= 15 is 0 Å². The van der Waals surface area contributed by atoms with Gasteiger partial charge in [0, 0.05) is 50.7 Å². The number of likely N-dealkylation sites (tertiary alicyclic amines) is 1. The summed E-state index contributed by atoms with van der Waals surface area (Å²) in [7, 11) is 0. The number of amides is 2. The standard InChI is InChI=1S/C20H37N3O4/c1-15(2)23-11-7-19(6,8-12-23)21-16(24)20(9-13-26-14-10-20)22-17(25)27-18(3,4)5/h15H,7-14H2,1-6H3,(H,21,24)(H,22,25). The third-order valence-corrected chi connectivity index (χ3v) is 5.57. The molecule has 0 saturated carbocycles. The van der Waals surface area contributed by atoms with E-state index in [-0.39, 0.29) is 11.4 Å². The van der Waals surface area contributed by atoms with E-state index in [9.17, 15) is 9.59 Å². The van der Waals surface area contributed by atoms with Crippen LogP contribution in [0.1, 0.15) is 67.2 Å². The van der Waals surface area contributed by atoms with Crippen molar-refractivity contribution in [1.29, 1.82) is 0 Å². The van der Waals surface area contributed by atoms with Crippen molar-refractivity contribution in [3.63, 3.8) is 0 Å². The molecular weight excluding hydrogens is 346 g/mol. The van der Waals surface area contributed by atoms with E-state index in [2.05, 4.69) is 36.3 Å². The summed E-state index contributed by atoms with van der Waals surface area (Å²) in [6, 6.07) is 0.515. The maximum atomic E-state index is 13.3. The van der Waals surface area contributed by atoms with Gasteiger partial charge in [0.1, 0.15) is 11.1 Å². The molecule has 2 amide bonds. The van der Waals surface area contributed by atoms with Crippen molar-refractivity contribution in [1.82, 2.24) is 15.5 Å². The van der Waals surface area contributed by atoms with E-state index in [4.69, 9.17) is 9.47 Å². The highest BCUT2D eigenvalue weighted by atomic mass is 16.6. The molecule has 0 unspecified atom stereocenters. The Morgan fingerprint density at radius 3 is 2.07 bits per heavy atom. The second kappa shape index (κ2) is 8.35. The van der Waals surface area contributed by atoms with Crippen LogP contribution >= 0.6 is 0 Å². The number of piperidine rings is 1. The van der Waals surface area contributed by atoms with Crippen LogP contribution in [0.25, 0.3) is 0 Å². The van der Waals surface area contributed by atoms with E-state index in [0.717, 1.165) is 25.9 Å². The second-order valence-electron chi connectivity index (χ2n) is 9.47. The summed E-state index contributed by atoms with van der Waals surface area (Å²) >= 11 is 0. The van der Waals surface area contributed by atoms with Crippen molar-refractivity contribution < 1.29 is 19.1 Å². The average Bonchev–Trinajstić information content (AvgIpc) is 2.53. The number of nitrogens with zero attached hydrogens (tertiary/aromatic N) is 1. The zero-order valence-electron chi connectivity index (χ0n) is 17.8. The predicted molar refractivity (Wildman–Crippen MR) is 105 cm³/mol. The Balaban J connectivity index is 2.05. The fraction of sp³-hybridized carbons (Fsp3) is 0.900. The molecule has 2 rings (SSSR count). The largest absolute Gasteiger partial charge is 0.444 e. The molecule has 0 aromatic rings. The molecule has 0 bridgehead atoms. The molecule has 2 aliphatic rings. The lowest BCUT2D eigenvalue weighted by Crippen LogP contribution is -2.66. The zero-order valence-corrected chi connectivity index (χ0v) is 17.8. The Bertz CT molecular complexity index is 528. The molecule has 2 fully saturated rings. The van der Waals surface area contributed by atoms with E-state index < -0.39 is 17.2 Å². The molecule has 0 aromatic carbocycles. The number of hydrogen-bond acceptors (Lipinski definition) is 5. The second-order valence-corrected chi connectivity index (χ2v) is 9.47. The fourth-order valence-electron chi connectivity index (χ4n) is 3.68. The van der Waals surface area contributed by atoms with Crippen molar-refractivity contribution in [3.05, 3.63) is 0 Å². The van der Waals surface area contributed by atoms with Crippen LogP contribution in [-0.2, 0) is 14.3 Å². The lowest BCUT2D eigenvalue weighted by atomic mass is 9.84. The van der Waals surface area contributed by atoms with E-state index in [1.165, 1.54) is 0 Å². The topological polar surface area (TPSA) is 79.9 Å². The number of rotatable bonds is 4. The van der Waals surface area contributed by atoms with Gasteiger partial charge in [-0.3, -0.25) is 4.79 Å². The molecule has 156 valence electrons. The molecule has 2 aliphatic heterocycles. The van der Waals surface area contributed by atoms with E-state index in [0.29, 0.717) is 32.1 Å². The van der Waals surface area contributed by atoms with Crippen molar-refractivity contribution >= 4 is 12.0 Å². The van der Waals surface area contributed by atoms with Gasteiger partial charge in [0.2, 0.25) is 5.91 Å². The first-order chi connectivity index (χ1) is 12.4. The molecule has 0 spiro atoms. The summed E-state index contributed by atoms with van der Waals surface area (Å²) in [4.78, 5) is 28.1. The normalized spacial score (nSPS) is 22.9. The molecule has 27 heavy (non-hydrogen) atoms. The minimum atomic E-state index is -0.973. The van der Waals surface area contributed by atoms with Gasteiger partial charge < -0.3 is 25.0 Å². The molecule has 0 aliphatic carbocycles. The molecular formula is C20H37N3O4. The highest BCUT2D eigenvalue weighted by molar-refractivity contribution is 5.90. The van der Waals surface area contributed by atoms with Crippen molar-refractivity contribution in [2.75, 3.05) is 26.3 Å². The van der Waals surface area contributed by atoms with Crippen LogP contribution in [0.15, 0.2) is 0 Å². The summed E-state index contributed by atoms with van der Waals surface area (Å²) < 4.78 is 10.8. The minimum absolute atomic E-state index is 0.128. The summed E-state index contributed by atoms with van der Waals surface area (Å²) in [5, 5.41) is 6.10. The van der Waals surface area contributed by atoms with E-state index in [1.807, 2.05) is 20.8 Å². The van der Waals surface area contributed by atoms with Gasteiger partial charge in [-0.15, -0.1) is 0 Å². The van der Waals surface area contributed by atoms with Crippen molar-refractivity contribution in [2.24, 2.45) is 0 Å². The third-order valence-electron chi connectivity index (χ3n) is 5.57. The van der Waals surface area contributed by atoms with Crippen molar-refractivity contribution in [2.45, 2.75) is 89.9 Å². The van der Waals surface area contributed by atoms with Crippen LogP contribution in [0.2, 0.25) is 0 Å². The predicted octanol–water partition coefficient (Wildman–Crippen LogP) is 2.44. The van der Waals surface area contributed by atoms with Crippen LogP contribution in [0.5, 0.6) is 0 Å². The lowest BCUT2D eigenvalue weighted by Gasteiger charge is -2.44. The summed E-state index contributed by atoms with van der Waals surface area (Å²) in [5.74, 6) is -0.128. The quantitative estimate of drug-likeness (QED) is 0.779. The summed E-state index contributed by atoms with van der Waals surface area (Å²) in [6.07, 6.45) is 2.14. The SMILES string of the molecule is CC(C)N1CCC(C)(NC(=O)C2(NC(=O)OC(C)(C)C)CCOCC2)CC1. The van der Waals surface area contributed by atoms with Gasteiger partial charge in [0.15, 0.2) is 0 Å². The molecule has 0 atom stereocenters. The zero-order chi connectivity index (χ0) is 20.3. The van der Waals surface area contributed by atoms with Crippen LogP contribution in [0.3, 0.4) is 0 Å². The Morgan fingerprint density at radius 1 is 1.04 bits per heavy atom. The number of ether oxygens (including phenoxy) is 2. The number of carbonyl (C=O) groups excluding carboxylic acids is 2. The fourth-order valence-corrected chi connectivity index (χ4v) is 3.68. The molecule has 7 heteroatoms. The van der Waals surface area contributed by atoms with Crippen LogP contribution in [-0.4, -0.2) is 65.9 Å². The maximum Gasteiger partial charge on any atom is 0.408 e. The number of alkyl carbamates (subject to hydrolysis) is 1. The van der Waals surface area contributed by atoms with Crippen LogP contribution in [0.4, 0.5) is 4.79 Å². The van der Waals surface area contributed by atoms with Gasteiger partial charge in [-0.1, -0.05) is 0 Å². The molecule has 2 heterocycles. The summed E-state index contributed by atoms with van der Waals surface area (Å²) in [6.45, 7) is 14.7. The molecule has 0 radical (unpaired) electrons. The Labute approximate surface area is 163 Å². The van der Waals surface area contributed by atoms with Gasteiger partial charge in [-0.05, 0) is 54.4 Å². The highest BCUT2D eigenvalue weighted by Gasteiger charge is 2.45. The minimum Gasteiger partial charge on any atom is -0.444 e. The van der Waals surface area contributed by atoms with Gasteiger partial charge >= 0.3 is 6.09 Å². The van der Waals surface area contributed by atoms with Gasteiger partial charge in [0.25, 0.3) is 0 Å². The van der Waals surface area contributed by atoms with Crippen LogP contribution < -0.4 is 10.6 Å². The number of carbonyl (C=O) groups is 2. The molecule has 2 saturated heterocycles. The molecule has 7 nitrogen and oxygen atoms in total. The first-order valence-electron chi connectivity index (χ1n) is 10.1. The maximum absolute atomic E-state index is 13.3. The Hall–Kier alpha value is -1.34. The first-order valence-corrected chi connectivity index (χ1v) is 10.1. The Morgan fingerprint density at radius 2 is 1.59 bits per heavy atom. The number of hydrogen-bond donors (Lipinski definition) is 2. The molecule has 0 aromatic heterocycles. The van der Waals surface area contributed by atoms with Crippen molar-refractivity contribution in [3.8, 4) is 0 Å². The lowest BCUT2D eigenvalue weighted by molar-refractivity contribution is -0.134. The third kappa shape index (κ3) is 6.07. The van der Waals surface area contributed by atoms with Gasteiger partial charge in [-0.25, -0.2) is 4.79 Å². The smallest absolute Gasteiger partial charge is 0.408 e.